The Morgan fingerprint density at radius 3 is 2.57 bits per heavy atom. The molecule has 0 saturated heterocycles. The van der Waals surface area contributed by atoms with E-state index in [0.717, 1.165) is 0 Å². The number of ketones is 2. The molecular weight excluding hydrogens is 456 g/mol. The van der Waals surface area contributed by atoms with Gasteiger partial charge in [0.05, 0.1) is 23.9 Å². The van der Waals surface area contributed by atoms with Crippen molar-refractivity contribution in [2.24, 2.45) is 34.5 Å². The highest BCUT2D eigenvalue weighted by Gasteiger charge is 2.69. The smallest absolute Gasteiger partial charge is 0.314 e. The van der Waals surface area contributed by atoms with Crippen LogP contribution >= 0.6 is 0 Å². The highest BCUT2D eigenvalue weighted by molar-refractivity contribution is 6.07. The van der Waals surface area contributed by atoms with Gasteiger partial charge in [-0.05, 0) is 56.9 Å². The van der Waals surface area contributed by atoms with Gasteiger partial charge in [-0.15, -0.1) is 0 Å². The molecule has 4 aliphatic carbocycles. The number of rotatable bonds is 2. The predicted molar refractivity (Wildman–Crippen MR) is 119 cm³/mol. The van der Waals surface area contributed by atoms with Crippen molar-refractivity contribution in [3.63, 3.8) is 0 Å². The van der Waals surface area contributed by atoms with Crippen LogP contribution in [0, 0.1) is 34.5 Å². The van der Waals surface area contributed by atoms with Crippen LogP contribution < -0.4 is 0 Å². The van der Waals surface area contributed by atoms with Gasteiger partial charge < -0.3 is 24.8 Å². The third kappa shape index (κ3) is 3.10. The first-order valence-electron chi connectivity index (χ1n) is 12.4. The van der Waals surface area contributed by atoms with Crippen LogP contribution in [0.1, 0.15) is 59.3 Å². The maximum atomic E-state index is 12.9. The standard InChI is InChI=1S/C26H32O9/c1-12-8-19(31)34-21-16(28)9-13-4-5-14-15-6-7-26(33,18(30)11-27)24(15,2)10-17(29)20(14)25(13,3)22(21)35-23(12)32/h9,12,14-15,17,20,27,29,33H,4-8,10-11H2,1-3H3/t12?,14-,15-,17-,20+,24-,25-,26-/m0/s1. The number of ether oxygens (including phenoxy) is 2. The summed E-state index contributed by atoms with van der Waals surface area (Å²) in [6, 6.07) is 0. The van der Waals surface area contributed by atoms with Gasteiger partial charge in [0.1, 0.15) is 12.2 Å². The van der Waals surface area contributed by atoms with Gasteiger partial charge in [0.25, 0.3) is 0 Å². The van der Waals surface area contributed by atoms with E-state index < -0.39 is 64.5 Å². The molecule has 35 heavy (non-hydrogen) atoms. The molecule has 9 nitrogen and oxygen atoms in total. The Labute approximate surface area is 203 Å². The lowest BCUT2D eigenvalue weighted by Crippen LogP contribution is -2.62. The van der Waals surface area contributed by atoms with E-state index in [1.54, 1.807) is 13.8 Å². The van der Waals surface area contributed by atoms with E-state index in [4.69, 9.17) is 9.47 Å². The van der Waals surface area contributed by atoms with Crippen LogP contribution in [0.5, 0.6) is 0 Å². The second-order valence-corrected chi connectivity index (χ2v) is 11.4. The summed E-state index contributed by atoms with van der Waals surface area (Å²) in [5.41, 5.74) is -3.05. The van der Waals surface area contributed by atoms with Crippen LogP contribution in [0.2, 0.25) is 0 Å². The van der Waals surface area contributed by atoms with Crippen LogP contribution in [0.3, 0.4) is 0 Å². The molecule has 3 saturated carbocycles. The van der Waals surface area contributed by atoms with Gasteiger partial charge in [-0.3, -0.25) is 19.2 Å². The lowest BCUT2D eigenvalue weighted by molar-refractivity contribution is -0.183. The van der Waals surface area contributed by atoms with E-state index in [2.05, 4.69) is 0 Å². The van der Waals surface area contributed by atoms with Crippen LogP contribution in [0.25, 0.3) is 0 Å². The molecule has 3 fully saturated rings. The van der Waals surface area contributed by atoms with Crippen LogP contribution in [0.4, 0.5) is 0 Å². The largest absolute Gasteiger partial charge is 0.426 e. The molecule has 0 amide bonds. The Hall–Kier alpha value is -2.36. The lowest BCUT2D eigenvalue weighted by Gasteiger charge is -2.60. The van der Waals surface area contributed by atoms with E-state index >= 15 is 0 Å². The van der Waals surface area contributed by atoms with Crippen LogP contribution in [-0.2, 0) is 28.7 Å². The van der Waals surface area contributed by atoms with Gasteiger partial charge in [0.2, 0.25) is 11.5 Å². The highest BCUT2D eigenvalue weighted by Crippen LogP contribution is 2.68. The van der Waals surface area contributed by atoms with Crippen molar-refractivity contribution in [3.8, 4) is 0 Å². The van der Waals surface area contributed by atoms with E-state index in [1.807, 2.05) is 6.92 Å². The summed E-state index contributed by atoms with van der Waals surface area (Å²) in [6.45, 7) is 4.41. The molecule has 5 aliphatic rings. The Morgan fingerprint density at radius 1 is 1.17 bits per heavy atom. The zero-order valence-electron chi connectivity index (χ0n) is 20.2. The number of Topliss-reactive ketones (excluding diaryl/α,β-unsaturated/α-hetero) is 1. The molecule has 0 aromatic heterocycles. The summed E-state index contributed by atoms with van der Waals surface area (Å²) in [4.78, 5) is 50.7. The number of allylic oxidation sites excluding steroid dienone is 2. The quantitative estimate of drug-likeness (QED) is 0.490. The molecule has 0 aromatic rings. The monoisotopic (exact) mass is 488 g/mol. The van der Waals surface area contributed by atoms with Crippen molar-refractivity contribution < 1.29 is 44.0 Å². The summed E-state index contributed by atoms with van der Waals surface area (Å²) in [5, 5.41) is 32.5. The minimum atomic E-state index is -1.74. The first-order chi connectivity index (χ1) is 16.4. The Balaban J connectivity index is 1.62. The van der Waals surface area contributed by atoms with Gasteiger partial charge in [-0.2, -0.15) is 0 Å². The van der Waals surface area contributed by atoms with Gasteiger partial charge in [-0.25, -0.2) is 0 Å². The first-order valence-corrected chi connectivity index (χ1v) is 12.4. The minimum Gasteiger partial charge on any atom is -0.426 e. The molecule has 1 heterocycles. The zero-order valence-corrected chi connectivity index (χ0v) is 20.2. The average Bonchev–Trinajstić information content (AvgIpc) is 3.06. The normalized spacial score (nSPS) is 45.1. The topological polar surface area (TPSA) is 147 Å². The lowest BCUT2D eigenvalue weighted by atomic mass is 9.45. The molecule has 0 spiro atoms. The van der Waals surface area contributed by atoms with E-state index in [-0.39, 0.29) is 42.6 Å². The van der Waals surface area contributed by atoms with E-state index in [1.165, 1.54) is 6.08 Å². The van der Waals surface area contributed by atoms with Crippen molar-refractivity contribution in [1.82, 2.24) is 0 Å². The van der Waals surface area contributed by atoms with Crippen molar-refractivity contribution in [3.05, 3.63) is 23.2 Å². The highest BCUT2D eigenvalue weighted by atomic mass is 16.6. The Morgan fingerprint density at radius 2 is 1.89 bits per heavy atom. The number of aliphatic hydroxyl groups excluding tert-OH is 2. The number of aliphatic hydroxyl groups is 3. The minimum absolute atomic E-state index is 0.0260. The first kappa shape index (κ1) is 24.3. The number of fused-ring (bicyclic) bond motifs is 6. The predicted octanol–water partition coefficient (Wildman–Crippen LogP) is 1.34. The number of hydrogen-bond acceptors (Lipinski definition) is 9. The fourth-order valence-corrected chi connectivity index (χ4v) is 7.99. The molecule has 9 heteroatoms. The summed E-state index contributed by atoms with van der Waals surface area (Å²) < 4.78 is 11.2. The third-order valence-corrected chi connectivity index (χ3v) is 9.79. The molecule has 0 radical (unpaired) electrons. The summed E-state index contributed by atoms with van der Waals surface area (Å²) in [5.74, 6) is -4.38. The molecule has 190 valence electrons. The third-order valence-electron chi connectivity index (χ3n) is 9.79. The fourth-order valence-electron chi connectivity index (χ4n) is 7.99. The molecule has 5 rings (SSSR count). The number of carbonyl (C=O) groups is 4. The van der Waals surface area contributed by atoms with Crippen LogP contribution in [0.15, 0.2) is 23.2 Å². The van der Waals surface area contributed by atoms with Crippen molar-refractivity contribution >= 4 is 23.5 Å². The summed E-state index contributed by atoms with van der Waals surface area (Å²) in [6.07, 6.45) is 2.16. The maximum absolute atomic E-state index is 12.9. The number of carbonyl (C=O) groups excluding carboxylic acids is 4. The molecular formula is C26H32O9. The van der Waals surface area contributed by atoms with Gasteiger partial charge in [-0.1, -0.05) is 19.4 Å². The Kier molecular flexibility index (Phi) is 5.44. The van der Waals surface area contributed by atoms with Gasteiger partial charge in [0.15, 0.2) is 11.5 Å². The van der Waals surface area contributed by atoms with Gasteiger partial charge >= 0.3 is 11.9 Å². The van der Waals surface area contributed by atoms with Crippen LogP contribution in [-0.4, -0.2) is 57.1 Å². The molecule has 0 bridgehead atoms. The van der Waals surface area contributed by atoms with Gasteiger partial charge in [0, 0.05) is 11.3 Å². The zero-order chi connectivity index (χ0) is 25.5. The molecule has 0 aromatic carbocycles. The summed E-state index contributed by atoms with van der Waals surface area (Å²) in [7, 11) is 0. The second kappa shape index (κ2) is 7.82. The van der Waals surface area contributed by atoms with E-state index in [0.29, 0.717) is 24.8 Å². The molecule has 3 N–H and O–H groups in total. The summed E-state index contributed by atoms with van der Waals surface area (Å²) >= 11 is 0. The Bertz CT molecular complexity index is 1090. The maximum Gasteiger partial charge on any atom is 0.314 e. The van der Waals surface area contributed by atoms with Crippen molar-refractivity contribution in [2.75, 3.05) is 6.61 Å². The number of hydrogen-bond donors (Lipinski definition) is 3. The molecule has 1 unspecified atom stereocenters. The molecule has 1 aliphatic heterocycles. The average molecular weight is 489 g/mol. The number of esters is 2. The second-order valence-electron chi connectivity index (χ2n) is 11.4. The SMILES string of the molecule is CC1CC(=O)OC2=C(OC1=O)[C@@]1(C)C(=CC2=O)CC[C@@H]2[C@@H]1[C@@H](O)C[C@@]1(C)[C@H]2CC[C@]1(O)C(=O)CO. The fraction of sp³-hybridized carbons (Fsp3) is 0.692. The van der Waals surface area contributed by atoms with E-state index in [9.17, 15) is 34.5 Å². The van der Waals surface area contributed by atoms with Crippen molar-refractivity contribution in [2.45, 2.75) is 71.0 Å². The van der Waals surface area contributed by atoms with Crippen molar-refractivity contribution in [1.29, 1.82) is 0 Å². The molecule has 8 atom stereocenters.